The molecule has 0 bridgehead atoms. The summed E-state index contributed by atoms with van der Waals surface area (Å²) in [5.74, 6) is 2.46. The third-order valence-electron chi connectivity index (χ3n) is 3.32. The number of carbonyl (C=O) groups is 1. The molecule has 0 aliphatic heterocycles. The molecule has 0 atom stereocenters. The van der Waals surface area contributed by atoms with Gasteiger partial charge in [0.25, 0.3) is 0 Å². The van der Waals surface area contributed by atoms with E-state index in [0.29, 0.717) is 10.9 Å². The zero-order valence-corrected chi connectivity index (χ0v) is 18.1. The van der Waals surface area contributed by atoms with Gasteiger partial charge in [0.1, 0.15) is 5.71 Å². The van der Waals surface area contributed by atoms with Gasteiger partial charge in [0.05, 0.1) is 17.9 Å². The van der Waals surface area contributed by atoms with Crippen molar-refractivity contribution in [1.29, 1.82) is 0 Å². The number of ether oxygens (including phenoxy) is 1. The molecule has 26 heavy (non-hydrogen) atoms. The maximum absolute atomic E-state index is 12.1. The van der Waals surface area contributed by atoms with Crippen LogP contribution >= 0.6 is 46.5 Å². The number of methoxy groups -OCH3 is 1. The van der Waals surface area contributed by atoms with Crippen LogP contribution in [0.2, 0.25) is 5.02 Å². The Labute approximate surface area is 171 Å². The molecule has 0 saturated carbocycles. The molecule has 0 radical (unpaired) electrons. The van der Waals surface area contributed by atoms with Crippen LogP contribution in [0.4, 0.5) is 4.79 Å². The summed E-state index contributed by atoms with van der Waals surface area (Å²) in [6.45, 7) is 2.15. The highest BCUT2D eigenvalue weighted by atomic mass is 35.5. The third-order valence-corrected chi connectivity index (χ3v) is 6.27. The molecule has 2 aromatic rings. The smallest absolute Gasteiger partial charge is 0.430 e. The van der Waals surface area contributed by atoms with Crippen LogP contribution in [0.25, 0.3) is 0 Å². The summed E-state index contributed by atoms with van der Waals surface area (Å²) in [7, 11) is 1.36. The number of benzene rings is 1. The first kappa shape index (κ1) is 21.2. The summed E-state index contributed by atoms with van der Waals surface area (Å²) in [6, 6.07) is 11.6. The zero-order valence-electron chi connectivity index (χ0n) is 14.9. The van der Waals surface area contributed by atoms with Gasteiger partial charge in [0.15, 0.2) is 0 Å². The number of carbonyl (C=O) groups excluding carboxylic acids is 1. The molecule has 0 saturated heterocycles. The number of thioether (sulfide) groups is 2. The van der Waals surface area contributed by atoms with Crippen LogP contribution in [0, 0.1) is 0 Å². The molecular formula is C18H21ClN2O2S3. The van der Waals surface area contributed by atoms with Crippen LogP contribution in [0.1, 0.15) is 22.2 Å². The van der Waals surface area contributed by atoms with E-state index in [1.807, 2.05) is 42.3 Å². The summed E-state index contributed by atoms with van der Waals surface area (Å²) in [5.41, 5.74) is 1.64. The van der Waals surface area contributed by atoms with Crippen molar-refractivity contribution in [2.75, 3.05) is 25.0 Å². The van der Waals surface area contributed by atoms with E-state index in [9.17, 15) is 4.79 Å². The molecule has 0 spiro atoms. The van der Waals surface area contributed by atoms with E-state index >= 15 is 0 Å². The molecule has 0 aliphatic rings. The van der Waals surface area contributed by atoms with E-state index < -0.39 is 6.09 Å². The van der Waals surface area contributed by atoms with Gasteiger partial charge in [-0.2, -0.15) is 21.9 Å². The Morgan fingerprint density at radius 1 is 1.27 bits per heavy atom. The minimum atomic E-state index is -0.482. The number of hydrazone groups is 1. The van der Waals surface area contributed by atoms with E-state index in [1.54, 1.807) is 11.3 Å². The number of amides is 1. The molecule has 2 rings (SSSR count). The maximum Gasteiger partial charge on any atom is 0.430 e. The minimum Gasteiger partial charge on any atom is -0.451 e. The molecule has 0 aliphatic carbocycles. The number of rotatable bonds is 8. The molecular weight excluding hydrogens is 408 g/mol. The molecule has 8 heteroatoms. The largest absolute Gasteiger partial charge is 0.451 e. The number of nitrogens with zero attached hydrogens (tertiary/aromatic N) is 2. The van der Waals surface area contributed by atoms with Gasteiger partial charge < -0.3 is 4.74 Å². The van der Waals surface area contributed by atoms with E-state index in [-0.39, 0.29) is 0 Å². The van der Waals surface area contributed by atoms with Crippen molar-refractivity contribution in [3.8, 4) is 0 Å². The quantitative estimate of drug-likeness (QED) is 0.303. The Kier molecular flexibility index (Phi) is 8.84. The molecule has 0 unspecified atom stereocenters. The lowest BCUT2D eigenvalue weighted by Gasteiger charge is -2.16. The van der Waals surface area contributed by atoms with Crippen LogP contribution in [-0.2, 0) is 10.5 Å². The van der Waals surface area contributed by atoms with Crippen LogP contribution in [0.5, 0.6) is 0 Å². The number of halogens is 1. The maximum atomic E-state index is 12.1. The lowest BCUT2D eigenvalue weighted by atomic mass is 10.1. The van der Waals surface area contributed by atoms with Crippen LogP contribution in [0.15, 0.2) is 41.5 Å². The standard InChI is InChI=1S/C18H21ClN2O2S3/c1-4-25-11-15-9-10-16(26-15)17(13-5-7-14(19)8-6-13)20-21(12-24-3)18(22)23-2/h5-10H,4,11-12H2,1-3H3. The van der Waals surface area contributed by atoms with Gasteiger partial charge in [-0.05, 0) is 36.3 Å². The van der Waals surface area contributed by atoms with Crippen molar-refractivity contribution in [2.24, 2.45) is 5.10 Å². The second-order valence-electron chi connectivity index (χ2n) is 5.15. The number of hydrogen-bond acceptors (Lipinski definition) is 6. The normalized spacial score (nSPS) is 11.5. The average molecular weight is 429 g/mol. The Morgan fingerprint density at radius 2 is 2.00 bits per heavy atom. The second kappa shape index (κ2) is 10.9. The van der Waals surface area contributed by atoms with E-state index in [0.717, 1.165) is 27.7 Å². The number of hydrogen-bond donors (Lipinski definition) is 0. The van der Waals surface area contributed by atoms with Crippen LogP contribution in [0.3, 0.4) is 0 Å². The van der Waals surface area contributed by atoms with Crippen molar-refractivity contribution in [1.82, 2.24) is 5.01 Å². The molecule has 1 amide bonds. The molecule has 140 valence electrons. The SMILES string of the molecule is CCSCc1ccc(C(=NN(CSC)C(=O)OC)c2ccc(Cl)cc2)s1. The highest BCUT2D eigenvalue weighted by Gasteiger charge is 2.17. The number of thiophene rings is 1. The topological polar surface area (TPSA) is 41.9 Å². The van der Waals surface area contributed by atoms with E-state index in [4.69, 9.17) is 16.3 Å². The van der Waals surface area contributed by atoms with E-state index in [1.165, 1.54) is 28.8 Å². The van der Waals surface area contributed by atoms with Gasteiger partial charge in [-0.15, -0.1) is 23.1 Å². The van der Waals surface area contributed by atoms with Crippen molar-refractivity contribution >= 4 is 58.3 Å². The highest BCUT2D eigenvalue weighted by molar-refractivity contribution is 7.98. The Hall–Kier alpha value is -1.15. The van der Waals surface area contributed by atoms with Crippen LogP contribution < -0.4 is 0 Å². The van der Waals surface area contributed by atoms with Crippen molar-refractivity contribution < 1.29 is 9.53 Å². The fourth-order valence-corrected chi connectivity index (χ4v) is 4.44. The summed E-state index contributed by atoms with van der Waals surface area (Å²) in [5, 5.41) is 6.62. The summed E-state index contributed by atoms with van der Waals surface area (Å²) >= 11 is 11.1. The summed E-state index contributed by atoms with van der Waals surface area (Å²) in [6.07, 6.45) is 1.43. The lowest BCUT2D eigenvalue weighted by Crippen LogP contribution is -2.27. The monoisotopic (exact) mass is 428 g/mol. The first-order chi connectivity index (χ1) is 12.6. The predicted octanol–water partition coefficient (Wildman–Crippen LogP) is 5.80. The molecule has 1 aromatic carbocycles. The van der Waals surface area contributed by atoms with Crippen molar-refractivity contribution in [3.05, 3.63) is 56.7 Å². The lowest BCUT2D eigenvalue weighted by molar-refractivity contribution is 0.133. The molecule has 0 N–H and O–H groups in total. The van der Waals surface area contributed by atoms with Gasteiger partial charge in [-0.3, -0.25) is 0 Å². The van der Waals surface area contributed by atoms with Crippen molar-refractivity contribution in [3.63, 3.8) is 0 Å². The molecule has 0 fully saturated rings. The van der Waals surface area contributed by atoms with Crippen LogP contribution in [-0.4, -0.2) is 41.8 Å². The molecule has 4 nitrogen and oxygen atoms in total. The Bertz CT molecular complexity index is 747. The fourth-order valence-electron chi connectivity index (χ4n) is 2.11. The Morgan fingerprint density at radius 3 is 2.62 bits per heavy atom. The van der Waals surface area contributed by atoms with E-state index in [2.05, 4.69) is 24.2 Å². The summed E-state index contributed by atoms with van der Waals surface area (Å²) < 4.78 is 4.86. The van der Waals surface area contributed by atoms with Gasteiger partial charge >= 0.3 is 6.09 Å². The Balaban J connectivity index is 2.44. The highest BCUT2D eigenvalue weighted by Crippen LogP contribution is 2.25. The minimum absolute atomic E-state index is 0.410. The van der Waals surface area contributed by atoms with Gasteiger partial charge in [0, 0.05) is 21.2 Å². The average Bonchev–Trinajstić information content (AvgIpc) is 3.12. The second-order valence-corrected chi connectivity index (χ2v) is 8.86. The molecule has 1 heterocycles. The predicted molar refractivity (Wildman–Crippen MR) is 116 cm³/mol. The summed E-state index contributed by atoms with van der Waals surface area (Å²) in [4.78, 5) is 14.4. The molecule has 1 aromatic heterocycles. The third kappa shape index (κ3) is 5.94. The van der Waals surface area contributed by atoms with Gasteiger partial charge in [0.2, 0.25) is 0 Å². The van der Waals surface area contributed by atoms with Crippen molar-refractivity contribution in [2.45, 2.75) is 12.7 Å². The first-order valence-electron chi connectivity index (χ1n) is 7.94. The van der Waals surface area contributed by atoms with Gasteiger partial charge in [-0.1, -0.05) is 30.7 Å². The zero-order chi connectivity index (χ0) is 18.9. The fraction of sp³-hybridized carbons (Fsp3) is 0.333. The van der Waals surface area contributed by atoms with Gasteiger partial charge in [-0.25, -0.2) is 4.79 Å². The first-order valence-corrected chi connectivity index (χ1v) is 11.7.